The summed E-state index contributed by atoms with van der Waals surface area (Å²) in [6.07, 6.45) is 2.32. The van der Waals surface area contributed by atoms with Crippen LogP contribution < -0.4 is 24.3 Å². The molecule has 4 aromatic carbocycles. The Balaban J connectivity index is 0.00000963. The van der Waals surface area contributed by atoms with Gasteiger partial charge in [-0.1, -0.05) is 138 Å². The van der Waals surface area contributed by atoms with Crippen molar-refractivity contribution in [1.29, 1.82) is 0 Å². The maximum atomic E-state index is 13.7. The molecular formula is C58H70N2O11Tb. The van der Waals surface area contributed by atoms with Crippen LogP contribution in [0.5, 0.6) is 23.0 Å². The number of nitrogens with zero attached hydrogens (tertiary/aromatic N) is 1. The number of rotatable bonds is 14. The number of aromatic nitrogens is 1. The Labute approximate surface area is 454 Å². The monoisotopic (exact) mass is 1130 g/mol. The summed E-state index contributed by atoms with van der Waals surface area (Å²) < 4.78 is 25.8. The molecule has 0 aliphatic heterocycles. The van der Waals surface area contributed by atoms with Gasteiger partial charge in [-0.2, -0.15) is 0 Å². The Bertz CT molecular complexity index is 2680. The van der Waals surface area contributed by atoms with Crippen LogP contribution in [0.25, 0.3) is 0 Å². The third-order valence-electron chi connectivity index (χ3n) is 12.5. The second kappa shape index (κ2) is 23.1. The predicted molar refractivity (Wildman–Crippen MR) is 273 cm³/mol. The number of pyridine rings is 1. The van der Waals surface area contributed by atoms with Gasteiger partial charge in [-0.3, -0.25) is 9.78 Å². The summed E-state index contributed by atoms with van der Waals surface area (Å²) >= 11 is 0. The third kappa shape index (κ3) is 15.0. The molecular weight excluding hydrogens is 1060 g/mol. The summed E-state index contributed by atoms with van der Waals surface area (Å²) in [7, 11) is 0. The van der Waals surface area contributed by atoms with Gasteiger partial charge in [0.05, 0.1) is 12.2 Å². The first-order valence-electron chi connectivity index (χ1n) is 24.0. The van der Waals surface area contributed by atoms with Crippen molar-refractivity contribution in [1.82, 2.24) is 10.3 Å². The summed E-state index contributed by atoms with van der Waals surface area (Å²) in [6.45, 7) is 23.1. The van der Waals surface area contributed by atoms with Gasteiger partial charge < -0.3 is 39.6 Å². The van der Waals surface area contributed by atoms with Gasteiger partial charge in [-0.25, -0.2) is 14.4 Å². The third-order valence-corrected chi connectivity index (χ3v) is 12.5. The van der Waals surface area contributed by atoms with Gasteiger partial charge in [0.1, 0.15) is 23.0 Å². The Hall–Kier alpha value is -5.60. The van der Waals surface area contributed by atoms with Crippen molar-refractivity contribution in [3.63, 3.8) is 0 Å². The Morgan fingerprint density at radius 1 is 0.458 bits per heavy atom. The molecule has 1 amide bonds. The Morgan fingerprint density at radius 2 is 0.722 bits per heavy atom. The fourth-order valence-electron chi connectivity index (χ4n) is 8.64. The van der Waals surface area contributed by atoms with Gasteiger partial charge in [-0.05, 0) is 101 Å². The number of fused-ring (bicyclic) bond motifs is 8. The number of aliphatic carboxylic acids is 3. The first-order chi connectivity index (χ1) is 33.1. The molecule has 13 nitrogen and oxygen atoms in total. The molecule has 5 aromatic rings. The standard InChI is InChI=1S/C58H70N2O11.Tb/c1-55(2,3)42-21-34-17-36-23-43(56(4,5)6)25-38(52(36)69-31-48(62)63)19-40-27-45(58(10,11)12)28-41(54(40)71-33-50(66)67)20-39-26-44(57(7,8)9)24-37(53(39)70-32-49(64)65)18-35(22-42)51(34)68-30-47(61)60-29-46-15-13-14-16-59-46;/h13-16,21-28H,17-20,29-33H2,1-12H3,(H,60,61)(H,62,63)(H,64,65)(H,66,67);. The summed E-state index contributed by atoms with van der Waals surface area (Å²) in [5.41, 5.74) is 8.21. The van der Waals surface area contributed by atoms with E-state index in [1.54, 1.807) is 12.3 Å². The fourth-order valence-corrected chi connectivity index (χ4v) is 8.64. The topological polar surface area (TPSA) is 191 Å². The summed E-state index contributed by atoms with van der Waals surface area (Å²) in [5, 5.41) is 33.2. The SMILES string of the molecule is CC(C)(C)c1cc2c(OCC(=O)O)c(c1)Cc1cc(C(C)(C)C)cc(c1OCC(=O)O)Cc1cc(C(C)(C)C)cc(c1OCC(=O)NCc1ccccn1)Cc1cc(C(C)(C)C)cc(c1OCC(=O)O)C2.[Tb]. The molecule has 0 unspecified atom stereocenters. The quantitative estimate of drug-likeness (QED) is 0.0809. The number of hydrogen-bond acceptors (Lipinski definition) is 9. The van der Waals surface area contributed by atoms with E-state index in [-0.39, 0.29) is 83.4 Å². The molecule has 6 rings (SSSR count). The second-order valence-corrected chi connectivity index (χ2v) is 22.6. The van der Waals surface area contributed by atoms with E-state index in [0.717, 1.165) is 22.3 Å². The van der Waals surface area contributed by atoms with E-state index in [4.69, 9.17) is 18.9 Å². The number of hydrogen-bond donors (Lipinski definition) is 4. The van der Waals surface area contributed by atoms with Gasteiger partial charge in [0.15, 0.2) is 26.4 Å². The number of benzene rings is 4. The minimum atomic E-state index is -1.17. The first-order valence-corrected chi connectivity index (χ1v) is 24.0. The van der Waals surface area contributed by atoms with E-state index in [1.165, 1.54) is 0 Å². The summed E-state index contributed by atoms with van der Waals surface area (Å²) in [6, 6.07) is 21.7. The van der Waals surface area contributed by atoms with E-state index in [9.17, 15) is 34.5 Å². The zero-order chi connectivity index (χ0) is 52.2. The van der Waals surface area contributed by atoms with Crippen LogP contribution in [-0.2, 0) is 73.1 Å². The van der Waals surface area contributed by atoms with Crippen molar-refractivity contribution in [2.75, 3.05) is 26.4 Å². The molecule has 0 spiro atoms. The summed E-state index contributed by atoms with van der Waals surface area (Å²) in [5.74, 6) is -2.41. The molecule has 0 saturated carbocycles. The number of ether oxygens (including phenoxy) is 4. The second-order valence-electron chi connectivity index (χ2n) is 22.6. The molecule has 14 heteroatoms. The number of carbonyl (C=O) groups is 4. The van der Waals surface area contributed by atoms with Crippen LogP contribution in [-0.4, -0.2) is 70.5 Å². The number of carboxylic acid groups (broad SMARTS) is 3. The maximum absolute atomic E-state index is 13.7. The van der Waals surface area contributed by atoms with Crippen molar-refractivity contribution in [3.05, 3.63) is 145 Å². The predicted octanol–water partition coefficient (Wildman–Crippen LogP) is 10.0. The fraction of sp³-hybridized carbons (Fsp3) is 0.431. The van der Waals surface area contributed by atoms with E-state index in [1.807, 2.05) is 48.5 Å². The van der Waals surface area contributed by atoms with Gasteiger partial charge in [0.25, 0.3) is 5.91 Å². The molecule has 1 heterocycles. The average molecular weight is 1130 g/mol. The van der Waals surface area contributed by atoms with Crippen molar-refractivity contribution in [3.8, 4) is 23.0 Å². The van der Waals surface area contributed by atoms with Gasteiger partial charge >= 0.3 is 17.9 Å². The molecule has 1 radical (unpaired) electrons. The summed E-state index contributed by atoms with van der Waals surface area (Å²) in [4.78, 5) is 55.1. The van der Waals surface area contributed by atoms with Crippen LogP contribution in [0, 0.1) is 38.6 Å². The smallest absolute Gasteiger partial charge is 0.341 e. The van der Waals surface area contributed by atoms with Crippen molar-refractivity contribution in [2.24, 2.45) is 0 Å². The largest absolute Gasteiger partial charge is 0.483 e. The number of carbonyl (C=O) groups excluding carboxylic acids is 1. The van der Waals surface area contributed by atoms with Crippen LogP contribution >= 0.6 is 0 Å². The number of amides is 1. The number of carboxylic acids is 3. The van der Waals surface area contributed by atoms with Gasteiger partial charge in [-0.15, -0.1) is 0 Å². The van der Waals surface area contributed by atoms with Crippen LogP contribution in [0.1, 0.15) is 156 Å². The minimum Gasteiger partial charge on any atom is -0.483 e. The number of nitrogens with one attached hydrogen (secondary N) is 1. The van der Waals surface area contributed by atoms with Gasteiger partial charge in [0.2, 0.25) is 0 Å². The molecule has 1 aliphatic rings. The van der Waals surface area contributed by atoms with Crippen molar-refractivity contribution in [2.45, 2.75) is 137 Å². The van der Waals surface area contributed by atoms with Crippen LogP contribution in [0.4, 0.5) is 0 Å². The molecule has 4 N–H and O–H groups in total. The zero-order valence-corrected chi connectivity index (χ0v) is 45.8. The first kappa shape index (κ1) is 57.3. The van der Waals surface area contributed by atoms with Crippen molar-refractivity contribution < 1.29 is 92.1 Å². The Morgan fingerprint density at radius 3 is 0.944 bits per heavy atom. The normalized spacial score (nSPS) is 12.8. The average Bonchev–Trinajstić information content (AvgIpc) is 3.25. The molecule has 1 aliphatic carbocycles. The molecule has 8 bridgehead atoms. The van der Waals surface area contributed by atoms with Crippen LogP contribution in [0.3, 0.4) is 0 Å². The Kier molecular flexibility index (Phi) is 18.4. The zero-order valence-electron chi connectivity index (χ0n) is 43.7. The molecule has 0 atom stereocenters. The van der Waals surface area contributed by atoms with E-state index >= 15 is 0 Å². The van der Waals surface area contributed by atoms with Crippen molar-refractivity contribution >= 4 is 23.8 Å². The maximum Gasteiger partial charge on any atom is 0.341 e. The molecule has 72 heavy (non-hydrogen) atoms. The van der Waals surface area contributed by atoms with Crippen LogP contribution in [0.15, 0.2) is 72.9 Å². The molecule has 0 fully saturated rings. The van der Waals surface area contributed by atoms with Crippen LogP contribution in [0.2, 0.25) is 0 Å². The van der Waals surface area contributed by atoms with E-state index < -0.39 is 59.4 Å². The molecule has 387 valence electrons. The van der Waals surface area contributed by atoms with E-state index in [0.29, 0.717) is 73.2 Å². The minimum absolute atomic E-state index is 0. The van der Waals surface area contributed by atoms with Gasteiger partial charge in [0, 0.05) is 70.5 Å². The molecule has 0 saturated heterocycles. The molecule has 1 aromatic heterocycles. The van der Waals surface area contributed by atoms with E-state index in [2.05, 4.69) is 106 Å².